The van der Waals surface area contributed by atoms with Crippen molar-refractivity contribution < 1.29 is 9.47 Å². The van der Waals surface area contributed by atoms with E-state index in [2.05, 4.69) is 30.9 Å². The lowest BCUT2D eigenvalue weighted by Crippen LogP contribution is -2.25. The Hall–Kier alpha value is -1.81. The van der Waals surface area contributed by atoms with Gasteiger partial charge < -0.3 is 14.4 Å². The number of fused-ring (bicyclic) bond motifs is 1. The van der Waals surface area contributed by atoms with E-state index in [0.717, 1.165) is 55.9 Å². The first kappa shape index (κ1) is 17.0. The third kappa shape index (κ3) is 3.64. The Kier molecular flexibility index (Phi) is 5.56. The third-order valence-electron chi connectivity index (χ3n) is 4.70. The molecule has 0 saturated carbocycles. The van der Waals surface area contributed by atoms with Crippen molar-refractivity contribution in [2.75, 3.05) is 31.7 Å². The van der Waals surface area contributed by atoms with Gasteiger partial charge in [-0.1, -0.05) is 19.1 Å². The maximum absolute atomic E-state index is 5.99. The van der Waals surface area contributed by atoms with Crippen LogP contribution >= 0.6 is 0 Å². The Labute approximate surface area is 144 Å². The van der Waals surface area contributed by atoms with Crippen molar-refractivity contribution in [3.63, 3.8) is 0 Å². The van der Waals surface area contributed by atoms with Gasteiger partial charge in [-0.25, -0.2) is 4.98 Å². The van der Waals surface area contributed by atoms with Crippen LogP contribution in [0, 0.1) is 6.92 Å². The number of methoxy groups -OCH3 is 1. The SMILES string of the molecule is CCCOC1CCCN(c2cc(C)nc3c(OC)cccc23)CC1. The van der Waals surface area contributed by atoms with Gasteiger partial charge in [0.25, 0.3) is 0 Å². The van der Waals surface area contributed by atoms with Gasteiger partial charge in [-0.2, -0.15) is 0 Å². The zero-order chi connectivity index (χ0) is 16.9. The van der Waals surface area contributed by atoms with Crippen LogP contribution in [0.1, 0.15) is 38.3 Å². The van der Waals surface area contributed by atoms with E-state index in [1.165, 1.54) is 17.5 Å². The Morgan fingerprint density at radius 3 is 2.92 bits per heavy atom. The molecule has 1 saturated heterocycles. The second kappa shape index (κ2) is 7.84. The molecule has 4 heteroatoms. The lowest BCUT2D eigenvalue weighted by atomic mass is 10.1. The Morgan fingerprint density at radius 2 is 2.12 bits per heavy atom. The van der Waals surface area contributed by atoms with E-state index >= 15 is 0 Å². The highest BCUT2D eigenvalue weighted by atomic mass is 16.5. The molecule has 0 aliphatic carbocycles. The molecule has 4 nitrogen and oxygen atoms in total. The van der Waals surface area contributed by atoms with Crippen LogP contribution in [0.4, 0.5) is 5.69 Å². The zero-order valence-electron chi connectivity index (χ0n) is 15.0. The first-order chi connectivity index (χ1) is 11.7. The molecule has 1 fully saturated rings. The van der Waals surface area contributed by atoms with Gasteiger partial charge in [-0.3, -0.25) is 0 Å². The molecule has 1 aromatic carbocycles. The number of aromatic nitrogens is 1. The molecule has 1 unspecified atom stereocenters. The molecule has 1 aliphatic heterocycles. The van der Waals surface area contributed by atoms with Crippen molar-refractivity contribution >= 4 is 16.6 Å². The molecular weight excluding hydrogens is 300 g/mol. The maximum Gasteiger partial charge on any atom is 0.145 e. The van der Waals surface area contributed by atoms with Gasteiger partial charge in [0.05, 0.1) is 13.2 Å². The predicted molar refractivity (Wildman–Crippen MR) is 99.1 cm³/mol. The van der Waals surface area contributed by atoms with Gasteiger partial charge in [0.1, 0.15) is 11.3 Å². The van der Waals surface area contributed by atoms with E-state index in [1.54, 1.807) is 7.11 Å². The van der Waals surface area contributed by atoms with Crippen LogP contribution < -0.4 is 9.64 Å². The molecular formula is C20H28N2O2. The minimum atomic E-state index is 0.402. The number of rotatable bonds is 5. The third-order valence-corrected chi connectivity index (χ3v) is 4.70. The molecule has 1 aliphatic rings. The molecule has 1 aromatic heterocycles. The summed E-state index contributed by atoms with van der Waals surface area (Å²) in [6.45, 7) is 7.20. The van der Waals surface area contributed by atoms with E-state index < -0.39 is 0 Å². The monoisotopic (exact) mass is 328 g/mol. The summed E-state index contributed by atoms with van der Waals surface area (Å²) in [5.74, 6) is 0.844. The van der Waals surface area contributed by atoms with Crippen molar-refractivity contribution in [2.24, 2.45) is 0 Å². The number of hydrogen-bond acceptors (Lipinski definition) is 4. The number of para-hydroxylation sites is 1. The van der Waals surface area contributed by atoms with Crippen molar-refractivity contribution in [1.82, 2.24) is 4.98 Å². The van der Waals surface area contributed by atoms with Crippen molar-refractivity contribution in [1.29, 1.82) is 0 Å². The topological polar surface area (TPSA) is 34.6 Å². The molecule has 130 valence electrons. The highest BCUT2D eigenvalue weighted by Crippen LogP contribution is 2.33. The summed E-state index contributed by atoms with van der Waals surface area (Å²) in [5, 5.41) is 1.17. The van der Waals surface area contributed by atoms with Crippen LogP contribution in [-0.2, 0) is 4.74 Å². The first-order valence-corrected chi connectivity index (χ1v) is 9.03. The number of aryl methyl sites for hydroxylation is 1. The van der Waals surface area contributed by atoms with Crippen LogP contribution in [0.15, 0.2) is 24.3 Å². The molecule has 0 spiro atoms. The lowest BCUT2D eigenvalue weighted by molar-refractivity contribution is 0.0461. The van der Waals surface area contributed by atoms with Crippen LogP contribution in [0.3, 0.4) is 0 Å². The average Bonchev–Trinajstić information content (AvgIpc) is 2.84. The van der Waals surface area contributed by atoms with Crippen LogP contribution in [0.5, 0.6) is 5.75 Å². The predicted octanol–water partition coefficient (Wildman–Crippen LogP) is 4.34. The quantitative estimate of drug-likeness (QED) is 0.818. The van der Waals surface area contributed by atoms with Gasteiger partial charge in [0.2, 0.25) is 0 Å². The smallest absolute Gasteiger partial charge is 0.145 e. The van der Waals surface area contributed by atoms with E-state index in [0.29, 0.717) is 6.10 Å². The van der Waals surface area contributed by atoms with Gasteiger partial charge in [0.15, 0.2) is 0 Å². The van der Waals surface area contributed by atoms with Crippen LogP contribution in [0.2, 0.25) is 0 Å². The number of pyridine rings is 1. The minimum Gasteiger partial charge on any atom is -0.494 e. The molecule has 0 N–H and O–H groups in total. The summed E-state index contributed by atoms with van der Waals surface area (Å²) in [7, 11) is 1.71. The number of ether oxygens (including phenoxy) is 2. The van der Waals surface area contributed by atoms with E-state index in [-0.39, 0.29) is 0 Å². The lowest BCUT2D eigenvalue weighted by Gasteiger charge is -2.25. The minimum absolute atomic E-state index is 0.402. The molecule has 3 rings (SSSR count). The molecule has 0 bridgehead atoms. The fourth-order valence-corrected chi connectivity index (χ4v) is 3.51. The zero-order valence-corrected chi connectivity index (χ0v) is 15.0. The highest BCUT2D eigenvalue weighted by molar-refractivity contribution is 5.95. The fourth-order valence-electron chi connectivity index (χ4n) is 3.51. The standard InChI is InChI=1S/C20H28N2O2/c1-4-13-24-16-7-6-11-22(12-10-16)18-14-15(2)21-20-17(18)8-5-9-19(20)23-3/h5,8-9,14,16H,4,6-7,10-13H2,1-3H3. The molecule has 1 atom stereocenters. The van der Waals surface area contributed by atoms with Crippen molar-refractivity contribution in [3.8, 4) is 5.75 Å². The van der Waals surface area contributed by atoms with E-state index in [4.69, 9.17) is 14.5 Å². The number of nitrogens with zero attached hydrogens (tertiary/aromatic N) is 2. The van der Waals surface area contributed by atoms with Gasteiger partial charge >= 0.3 is 0 Å². The second-order valence-electron chi connectivity index (χ2n) is 6.55. The molecule has 2 heterocycles. The Balaban J connectivity index is 1.89. The molecule has 0 radical (unpaired) electrons. The van der Waals surface area contributed by atoms with Crippen molar-refractivity contribution in [2.45, 2.75) is 45.6 Å². The normalized spacial score (nSPS) is 18.6. The van der Waals surface area contributed by atoms with Crippen LogP contribution in [-0.4, -0.2) is 37.9 Å². The summed E-state index contributed by atoms with van der Waals surface area (Å²) < 4.78 is 11.5. The summed E-state index contributed by atoms with van der Waals surface area (Å²) in [6, 6.07) is 8.38. The summed E-state index contributed by atoms with van der Waals surface area (Å²) in [4.78, 5) is 7.20. The summed E-state index contributed by atoms with van der Waals surface area (Å²) in [5.41, 5.74) is 3.26. The van der Waals surface area contributed by atoms with Crippen LogP contribution in [0.25, 0.3) is 10.9 Å². The number of anilines is 1. The van der Waals surface area contributed by atoms with Crippen molar-refractivity contribution in [3.05, 3.63) is 30.0 Å². The maximum atomic E-state index is 5.99. The number of benzene rings is 1. The van der Waals surface area contributed by atoms with E-state index in [1.807, 2.05) is 12.1 Å². The summed E-state index contributed by atoms with van der Waals surface area (Å²) >= 11 is 0. The first-order valence-electron chi connectivity index (χ1n) is 9.03. The second-order valence-corrected chi connectivity index (χ2v) is 6.55. The Morgan fingerprint density at radius 1 is 1.25 bits per heavy atom. The highest BCUT2D eigenvalue weighted by Gasteiger charge is 2.20. The molecule has 0 amide bonds. The van der Waals surface area contributed by atoms with E-state index in [9.17, 15) is 0 Å². The largest absolute Gasteiger partial charge is 0.494 e. The van der Waals surface area contributed by atoms with Gasteiger partial charge in [-0.15, -0.1) is 0 Å². The Bertz CT molecular complexity index is 687. The van der Waals surface area contributed by atoms with Gasteiger partial charge in [0, 0.05) is 36.5 Å². The van der Waals surface area contributed by atoms with Gasteiger partial charge in [-0.05, 0) is 44.7 Å². The summed E-state index contributed by atoms with van der Waals surface area (Å²) in [6.07, 6.45) is 4.91. The average molecular weight is 328 g/mol. The molecule has 24 heavy (non-hydrogen) atoms. The fraction of sp³-hybridized carbons (Fsp3) is 0.550. The molecule has 2 aromatic rings. The number of hydrogen-bond donors (Lipinski definition) is 0.